The standard InChI is InChI=1S/C22H23N5O3S/c1-16-13-18(27(29)30)7-8-19(16)23-21(28)14-25-9-11-26(12-10-25)22-24-20(15-31-22)17-5-3-2-4-6-17/h2-8,13,15H,9-12,14H2,1H3,(H,23,28). The lowest BCUT2D eigenvalue weighted by molar-refractivity contribution is -0.384. The maximum atomic E-state index is 12.5. The van der Waals surface area contributed by atoms with Crippen molar-refractivity contribution < 1.29 is 9.72 Å². The first-order valence-electron chi connectivity index (χ1n) is 10.0. The lowest BCUT2D eigenvalue weighted by Gasteiger charge is -2.34. The summed E-state index contributed by atoms with van der Waals surface area (Å²) in [4.78, 5) is 32.0. The van der Waals surface area contributed by atoms with E-state index < -0.39 is 4.92 Å². The second-order valence-corrected chi connectivity index (χ2v) is 8.29. The third-order valence-electron chi connectivity index (χ3n) is 5.27. The summed E-state index contributed by atoms with van der Waals surface area (Å²) in [5.74, 6) is -0.119. The molecule has 0 unspecified atom stereocenters. The quantitative estimate of drug-likeness (QED) is 0.466. The summed E-state index contributed by atoms with van der Waals surface area (Å²) in [5, 5.41) is 16.8. The number of carbonyl (C=O) groups is 1. The van der Waals surface area contributed by atoms with Crippen molar-refractivity contribution in [1.29, 1.82) is 0 Å². The highest BCUT2D eigenvalue weighted by Crippen LogP contribution is 2.28. The number of carbonyl (C=O) groups excluding carboxylic acids is 1. The van der Waals surface area contributed by atoms with E-state index in [4.69, 9.17) is 4.98 Å². The topological polar surface area (TPSA) is 91.6 Å². The number of rotatable bonds is 6. The van der Waals surface area contributed by atoms with Gasteiger partial charge < -0.3 is 10.2 Å². The van der Waals surface area contributed by atoms with Crippen LogP contribution >= 0.6 is 11.3 Å². The van der Waals surface area contributed by atoms with Gasteiger partial charge in [0.15, 0.2) is 5.13 Å². The minimum absolute atomic E-state index is 0.0178. The molecule has 0 aliphatic carbocycles. The molecular formula is C22H23N5O3S. The number of nitro benzene ring substituents is 1. The molecule has 2 aromatic carbocycles. The van der Waals surface area contributed by atoms with Crippen LogP contribution in [0.4, 0.5) is 16.5 Å². The van der Waals surface area contributed by atoms with Crippen molar-refractivity contribution in [2.75, 3.05) is 42.9 Å². The fourth-order valence-electron chi connectivity index (χ4n) is 3.54. The van der Waals surface area contributed by atoms with Crippen molar-refractivity contribution in [3.05, 3.63) is 69.6 Å². The van der Waals surface area contributed by atoms with E-state index in [0.29, 0.717) is 11.3 Å². The first-order chi connectivity index (χ1) is 15.0. The summed E-state index contributed by atoms with van der Waals surface area (Å²) < 4.78 is 0. The predicted octanol–water partition coefficient (Wildman–Crippen LogP) is 3.79. The van der Waals surface area contributed by atoms with E-state index >= 15 is 0 Å². The van der Waals surface area contributed by atoms with Crippen LogP contribution in [-0.2, 0) is 4.79 Å². The molecule has 8 nitrogen and oxygen atoms in total. The van der Waals surface area contributed by atoms with Gasteiger partial charge in [-0.15, -0.1) is 11.3 Å². The van der Waals surface area contributed by atoms with Gasteiger partial charge in [-0.2, -0.15) is 0 Å². The summed E-state index contributed by atoms with van der Waals surface area (Å²) in [6.07, 6.45) is 0. The number of non-ortho nitro benzene ring substituents is 1. The first-order valence-corrected chi connectivity index (χ1v) is 10.9. The second-order valence-electron chi connectivity index (χ2n) is 7.45. The van der Waals surface area contributed by atoms with Crippen LogP contribution in [0.3, 0.4) is 0 Å². The van der Waals surface area contributed by atoms with Gasteiger partial charge in [0, 0.05) is 54.9 Å². The number of benzene rings is 2. The molecule has 31 heavy (non-hydrogen) atoms. The minimum Gasteiger partial charge on any atom is -0.346 e. The summed E-state index contributed by atoms with van der Waals surface area (Å²) in [6.45, 7) is 5.20. The van der Waals surface area contributed by atoms with Crippen molar-refractivity contribution in [3.8, 4) is 11.3 Å². The molecule has 1 saturated heterocycles. The van der Waals surface area contributed by atoms with E-state index in [2.05, 4.69) is 32.6 Å². The molecule has 1 aliphatic heterocycles. The number of hydrogen-bond acceptors (Lipinski definition) is 7. The summed E-state index contributed by atoms with van der Waals surface area (Å²) in [6, 6.07) is 14.6. The number of amides is 1. The molecule has 160 valence electrons. The molecule has 0 spiro atoms. The zero-order valence-corrected chi connectivity index (χ0v) is 18.0. The van der Waals surface area contributed by atoms with Crippen molar-refractivity contribution in [2.24, 2.45) is 0 Å². The lowest BCUT2D eigenvalue weighted by atomic mass is 10.2. The first kappa shape index (κ1) is 21.0. The Bertz CT molecular complexity index is 1080. The van der Waals surface area contributed by atoms with Crippen molar-refractivity contribution >= 4 is 33.8 Å². The van der Waals surface area contributed by atoms with Crippen LogP contribution in [0.2, 0.25) is 0 Å². The number of anilines is 2. The van der Waals surface area contributed by atoms with Gasteiger partial charge in [0.05, 0.1) is 17.2 Å². The van der Waals surface area contributed by atoms with Crippen LogP contribution < -0.4 is 10.2 Å². The van der Waals surface area contributed by atoms with Crippen LogP contribution in [0, 0.1) is 17.0 Å². The van der Waals surface area contributed by atoms with Crippen LogP contribution in [0.25, 0.3) is 11.3 Å². The summed E-state index contributed by atoms with van der Waals surface area (Å²) in [5.41, 5.74) is 3.39. The van der Waals surface area contributed by atoms with Crippen molar-refractivity contribution in [2.45, 2.75) is 6.92 Å². The molecule has 1 aliphatic rings. The Morgan fingerprint density at radius 3 is 2.58 bits per heavy atom. The number of nitrogens with zero attached hydrogens (tertiary/aromatic N) is 4. The molecule has 2 heterocycles. The predicted molar refractivity (Wildman–Crippen MR) is 123 cm³/mol. The maximum Gasteiger partial charge on any atom is 0.269 e. The Morgan fingerprint density at radius 2 is 1.90 bits per heavy atom. The molecule has 4 rings (SSSR count). The normalized spacial score (nSPS) is 14.4. The van der Waals surface area contributed by atoms with Gasteiger partial charge in [-0.1, -0.05) is 30.3 Å². The lowest BCUT2D eigenvalue weighted by Crippen LogP contribution is -2.48. The number of thiazole rings is 1. The molecule has 0 atom stereocenters. The molecule has 0 saturated carbocycles. The zero-order valence-electron chi connectivity index (χ0n) is 17.2. The van der Waals surface area contributed by atoms with Gasteiger partial charge in [0.2, 0.25) is 5.91 Å². The van der Waals surface area contributed by atoms with Gasteiger partial charge >= 0.3 is 0 Å². The van der Waals surface area contributed by atoms with E-state index in [0.717, 1.165) is 42.6 Å². The summed E-state index contributed by atoms with van der Waals surface area (Å²) in [7, 11) is 0. The minimum atomic E-state index is -0.441. The molecule has 1 aromatic heterocycles. The highest BCUT2D eigenvalue weighted by Gasteiger charge is 2.21. The number of nitro groups is 1. The van der Waals surface area contributed by atoms with E-state index in [1.807, 2.05) is 18.2 Å². The largest absolute Gasteiger partial charge is 0.346 e. The second kappa shape index (κ2) is 9.23. The number of hydrogen-bond donors (Lipinski definition) is 1. The van der Waals surface area contributed by atoms with Gasteiger partial charge in [-0.25, -0.2) is 4.98 Å². The number of piperazine rings is 1. The van der Waals surface area contributed by atoms with Crippen molar-refractivity contribution in [3.63, 3.8) is 0 Å². The van der Waals surface area contributed by atoms with Crippen LogP contribution in [0.15, 0.2) is 53.9 Å². The molecule has 0 bridgehead atoms. The summed E-state index contributed by atoms with van der Waals surface area (Å²) >= 11 is 1.64. The van der Waals surface area contributed by atoms with Crippen LogP contribution in [0.5, 0.6) is 0 Å². The Balaban J connectivity index is 1.29. The van der Waals surface area contributed by atoms with Crippen LogP contribution in [0.1, 0.15) is 5.56 Å². The van der Waals surface area contributed by atoms with E-state index in [1.165, 1.54) is 12.1 Å². The number of aromatic nitrogens is 1. The SMILES string of the molecule is Cc1cc([N+](=O)[O-])ccc1NC(=O)CN1CCN(c2nc(-c3ccccc3)cs2)CC1. The highest BCUT2D eigenvalue weighted by atomic mass is 32.1. The van der Waals surface area contributed by atoms with Crippen molar-refractivity contribution in [1.82, 2.24) is 9.88 Å². The molecular weight excluding hydrogens is 414 g/mol. The number of nitrogens with one attached hydrogen (secondary N) is 1. The smallest absolute Gasteiger partial charge is 0.269 e. The molecule has 3 aromatic rings. The Morgan fingerprint density at radius 1 is 1.16 bits per heavy atom. The fourth-order valence-corrected chi connectivity index (χ4v) is 4.43. The molecule has 1 N–H and O–H groups in total. The Labute approximate surface area is 184 Å². The average molecular weight is 438 g/mol. The van der Waals surface area contributed by atoms with Crippen LogP contribution in [-0.4, -0.2) is 53.4 Å². The molecule has 0 radical (unpaired) electrons. The zero-order chi connectivity index (χ0) is 21.8. The number of aryl methyl sites for hydroxylation is 1. The van der Waals surface area contributed by atoms with Gasteiger partial charge in [0.1, 0.15) is 0 Å². The maximum absolute atomic E-state index is 12.5. The van der Waals surface area contributed by atoms with E-state index in [1.54, 1.807) is 24.3 Å². The molecule has 1 amide bonds. The van der Waals surface area contributed by atoms with E-state index in [-0.39, 0.29) is 18.1 Å². The average Bonchev–Trinajstić information content (AvgIpc) is 3.26. The van der Waals surface area contributed by atoms with Gasteiger partial charge in [0.25, 0.3) is 5.69 Å². The Hall–Kier alpha value is -3.30. The Kier molecular flexibility index (Phi) is 6.24. The third kappa shape index (κ3) is 5.07. The van der Waals surface area contributed by atoms with E-state index in [9.17, 15) is 14.9 Å². The van der Waals surface area contributed by atoms with Gasteiger partial charge in [-0.3, -0.25) is 19.8 Å². The fraction of sp³-hybridized carbons (Fsp3) is 0.273. The molecule has 9 heteroatoms. The highest BCUT2D eigenvalue weighted by molar-refractivity contribution is 7.14. The monoisotopic (exact) mass is 437 g/mol. The molecule has 1 fully saturated rings. The van der Waals surface area contributed by atoms with Gasteiger partial charge in [-0.05, 0) is 18.6 Å². The third-order valence-corrected chi connectivity index (χ3v) is 6.17.